The Morgan fingerprint density at radius 1 is 1.08 bits per heavy atom. The molecule has 1 rings (SSSR count). The zero-order valence-corrected chi connectivity index (χ0v) is 9.42. The first kappa shape index (κ1) is 10.5. The lowest BCUT2D eigenvalue weighted by molar-refractivity contribution is 0.875. The molecule has 0 N–H and O–H groups in total. The van der Waals surface area contributed by atoms with Crippen molar-refractivity contribution in [1.29, 1.82) is 0 Å². The van der Waals surface area contributed by atoms with E-state index in [0.717, 1.165) is 9.52 Å². The van der Waals surface area contributed by atoms with Crippen molar-refractivity contribution in [3.8, 4) is 0 Å². The zero-order chi connectivity index (χ0) is 9.36. The van der Waals surface area contributed by atoms with Gasteiger partial charge in [0.25, 0.3) is 0 Å². The van der Waals surface area contributed by atoms with Crippen molar-refractivity contribution in [2.45, 2.75) is 38.3 Å². The fraction of sp³-hybridized carbons (Fsp3) is 0.500. The second kappa shape index (κ2) is 6.90. The van der Waals surface area contributed by atoms with Crippen LogP contribution in [0.1, 0.15) is 25.3 Å². The Balaban J connectivity index is 2.07. The van der Waals surface area contributed by atoms with Gasteiger partial charge in [0, 0.05) is 9.52 Å². The fourth-order valence-corrected chi connectivity index (χ4v) is 2.62. The minimum absolute atomic E-state index is 1.16. The van der Waals surface area contributed by atoms with Gasteiger partial charge in [0.05, 0.1) is 0 Å². The third kappa shape index (κ3) is 4.89. The molecule has 13 heavy (non-hydrogen) atoms. The molecule has 1 aromatic carbocycles. The molecule has 0 amide bonds. The fourth-order valence-electron chi connectivity index (χ4n) is 1.30. The number of unbranched alkanes of at least 4 members (excludes halogenated alkanes) is 1. The molecule has 0 heterocycles. The SMILES string of the molecule is CCCC[Si]CCc1ccccc1. The number of aryl methyl sites for hydroxylation is 1. The Morgan fingerprint density at radius 3 is 2.54 bits per heavy atom. The smallest absolute Gasteiger partial charge is 0.0381 e. The van der Waals surface area contributed by atoms with Gasteiger partial charge < -0.3 is 0 Å². The van der Waals surface area contributed by atoms with E-state index < -0.39 is 0 Å². The maximum absolute atomic E-state index is 2.27. The minimum atomic E-state index is 1.16. The third-order valence-corrected chi connectivity index (χ3v) is 3.45. The summed E-state index contributed by atoms with van der Waals surface area (Å²) in [6.07, 6.45) is 4.02. The molecule has 1 heteroatoms. The lowest BCUT2D eigenvalue weighted by Gasteiger charge is -1.99. The van der Waals surface area contributed by atoms with Crippen molar-refractivity contribution in [2.75, 3.05) is 0 Å². The molecule has 0 aromatic heterocycles. The first-order valence-electron chi connectivity index (χ1n) is 5.18. The van der Waals surface area contributed by atoms with Gasteiger partial charge in [-0.1, -0.05) is 62.2 Å². The molecule has 0 aliphatic heterocycles. The Bertz CT molecular complexity index is 206. The molecular weight excluding hydrogens is 172 g/mol. The predicted octanol–water partition coefficient (Wildman–Crippen LogP) is 3.57. The van der Waals surface area contributed by atoms with Crippen LogP contribution in [0.3, 0.4) is 0 Å². The minimum Gasteiger partial charge on any atom is -0.0654 e. The van der Waals surface area contributed by atoms with Gasteiger partial charge in [-0.15, -0.1) is 0 Å². The quantitative estimate of drug-likeness (QED) is 0.475. The first-order valence-corrected chi connectivity index (χ1v) is 6.59. The monoisotopic (exact) mass is 190 g/mol. The molecule has 0 nitrogen and oxygen atoms in total. The van der Waals surface area contributed by atoms with Gasteiger partial charge in [-0.3, -0.25) is 0 Å². The van der Waals surface area contributed by atoms with Crippen LogP contribution in [-0.4, -0.2) is 9.52 Å². The van der Waals surface area contributed by atoms with E-state index >= 15 is 0 Å². The van der Waals surface area contributed by atoms with E-state index in [9.17, 15) is 0 Å². The average molecular weight is 190 g/mol. The van der Waals surface area contributed by atoms with Crippen molar-refractivity contribution in [2.24, 2.45) is 0 Å². The lowest BCUT2D eigenvalue weighted by Crippen LogP contribution is -1.92. The highest BCUT2D eigenvalue weighted by Crippen LogP contribution is 2.04. The van der Waals surface area contributed by atoms with Crippen molar-refractivity contribution in [3.63, 3.8) is 0 Å². The van der Waals surface area contributed by atoms with Crippen LogP contribution in [0.4, 0.5) is 0 Å². The largest absolute Gasteiger partial charge is 0.0654 e. The molecule has 0 aliphatic carbocycles. The van der Waals surface area contributed by atoms with Crippen LogP contribution in [-0.2, 0) is 6.42 Å². The van der Waals surface area contributed by atoms with Crippen molar-refractivity contribution >= 4 is 9.52 Å². The second-order valence-corrected chi connectivity index (χ2v) is 4.84. The summed E-state index contributed by atoms with van der Waals surface area (Å²) in [4.78, 5) is 0. The summed E-state index contributed by atoms with van der Waals surface area (Å²) in [5.41, 5.74) is 1.49. The summed E-state index contributed by atoms with van der Waals surface area (Å²) in [6, 6.07) is 13.6. The number of rotatable bonds is 6. The van der Waals surface area contributed by atoms with E-state index in [-0.39, 0.29) is 0 Å². The van der Waals surface area contributed by atoms with Crippen LogP contribution in [0, 0.1) is 0 Å². The van der Waals surface area contributed by atoms with Gasteiger partial charge in [0.15, 0.2) is 0 Å². The van der Waals surface area contributed by atoms with Crippen LogP contribution in [0.15, 0.2) is 30.3 Å². The molecule has 0 saturated carbocycles. The highest BCUT2D eigenvalue weighted by Gasteiger charge is 1.92. The third-order valence-electron chi connectivity index (χ3n) is 2.14. The van der Waals surface area contributed by atoms with Gasteiger partial charge in [0.1, 0.15) is 0 Å². The maximum Gasteiger partial charge on any atom is 0.0381 e. The standard InChI is InChI=1S/C12H18Si/c1-2-3-10-13-11-9-12-7-5-4-6-8-12/h4-8H,2-3,9-11H2,1H3. The highest BCUT2D eigenvalue weighted by molar-refractivity contribution is 6.35. The molecule has 0 unspecified atom stereocenters. The zero-order valence-electron chi connectivity index (χ0n) is 8.42. The lowest BCUT2D eigenvalue weighted by atomic mass is 10.2. The normalized spacial score (nSPS) is 10.2. The predicted molar refractivity (Wildman–Crippen MR) is 60.4 cm³/mol. The Morgan fingerprint density at radius 2 is 1.85 bits per heavy atom. The Labute approximate surface area is 84.2 Å². The maximum atomic E-state index is 2.27. The Hall–Kier alpha value is -0.563. The average Bonchev–Trinajstić information content (AvgIpc) is 2.19. The summed E-state index contributed by atoms with van der Waals surface area (Å²) in [6.45, 7) is 2.27. The number of hydrogen-bond donors (Lipinski definition) is 0. The Kier molecular flexibility index (Phi) is 5.58. The van der Waals surface area contributed by atoms with Crippen LogP contribution >= 0.6 is 0 Å². The van der Waals surface area contributed by atoms with Crippen LogP contribution in [0.2, 0.25) is 12.1 Å². The molecule has 0 aliphatic rings. The van der Waals surface area contributed by atoms with Gasteiger partial charge in [-0.25, -0.2) is 0 Å². The van der Waals surface area contributed by atoms with Crippen LogP contribution in [0.25, 0.3) is 0 Å². The van der Waals surface area contributed by atoms with Gasteiger partial charge in [0.2, 0.25) is 0 Å². The summed E-state index contributed by atoms with van der Waals surface area (Å²) < 4.78 is 0. The highest BCUT2D eigenvalue weighted by atomic mass is 28.2. The molecule has 0 bridgehead atoms. The number of hydrogen-bond acceptors (Lipinski definition) is 0. The summed E-state index contributed by atoms with van der Waals surface area (Å²) >= 11 is 0. The van der Waals surface area contributed by atoms with Crippen LogP contribution < -0.4 is 0 Å². The van der Waals surface area contributed by atoms with Crippen LogP contribution in [0.5, 0.6) is 0 Å². The molecule has 1 aromatic rings. The van der Waals surface area contributed by atoms with E-state index in [2.05, 4.69) is 37.3 Å². The first-order chi connectivity index (χ1) is 6.43. The van der Waals surface area contributed by atoms with E-state index in [4.69, 9.17) is 0 Å². The molecule has 0 saturated heterocycles. The van der Waals surface area contributed by atoms with Crippen molar-refractivity contribution < 1.29 is 0 Å². The van der Waals surface area contributed by atoms with E-state index in [1.54, 1.807) is 0 Å². The van der Waals surface area contributed by atoms with Gasteiger partial charge >= 0.3 is 0 Å². The second-order valence-electron chi connectivity index (χ2n) is 3.34. The van der Waals surface area contributed by atoms with E-state index in [1.165, 1.54) is 36.9 Å². The molecule has 2 radical (unpaired) electrons. The molecule has 0 fully saturated rings. The topological polar surface area (TPSA) is 0 Å². The molecule has 0 spiro atoms. The van der Waals surface area contributed by atoms with E-state index in [1.807, 2.05) is 0 Å². The van der Waals surface area contributed by atoms with Crippen molar-refractivity contribution in [3.05, 3.63) is 35.9 Å². The van der Waals surface area contributed by atoms with Crippen molar-refractivity contribution in [1.82, 2.24) is 0 Å². The summed E-state index contributed by atoms with van der Waals surface area (Å²) in [5.74, 6) is 0. The van der Waals surface area contributed by atoms with E-state index in [0.29, 0.717) is 0 Å². The summed E-state index contributed by atoms with van der Waals surface area (Å²) in [5, 5.41) is 0. The van der Waals surface area contributed by atoms with Gasteiger partial charge in [-0.05, 0) is 12.0 Å². The molecule has 70 valence electrons. The summed E-state index contributed by atoms with van der Waals surface area (Å²) in [7, 11) is 1.16. The molecular formula is C12H18Si. The number of benzene rings is 1. The molecule has 0 atom stereocenters. The van der Waals surface area contributed by atoms with Gasteiger partial charge in [-0.2, -0.15) is 0 Å².